The summed E-state index contributed by atoms with van der Waals surface area (Å²) in [6.45, 7) is 3.65. The smallest absolute Gasteiger partial charge is 0.101 e. The molecule has 0 spiro atoms. The van der Waals surface area contributed by atoms with Crippen LogP contribution in [0.2, 0.25) is 0 Å². The fourth-order valence-electron chi connectivity index (χ4n) is 3.09. The first kappa shape index (κ1) is 16.3. The van der Waals surface area contributed by atoms with Crippen LogP contribution in [0.3, 0.4) is 0 Å². The van der Waals surface area contributed by atoms with Crippen LogP contribution >= 0.6 is 0 Å². The van der Waals surface area contributed by atoms with Crippen molar-refractivity contribution in [1.82, 2.24) is 9.78 Å². The average molecular weight is 325 g/mol. The summed E-state index contributed by atoms with van der Waals surface area (Å²) in [5.41, 5.74) is 3.63. The van der Waals surface area contributed by atoms with Crippen molar-refractivity contribution < 1.29 is 5.11 Å². The standard InChI is InChI=1S/C18H23N5O/c1-13(15-11-20-22(2)12-15)21-16-3-4-18(14(9-16)10-19)23-7-5-17(24)6-8-23/h3-4,9,11-13,17,21,24H,5-8H2,1-2H3. The van der Waals surface area contributed by atoms with Crippen LogP contribution in [-0.2, 0) is 7.05 Å². The quantitative estimate of drug-likeness (QED) is 0.903. The second-order valence-electron chi connectivity index (χ2n) is 6.38. The molecule has 2 N–H and O–H groups in total. The van der Waals surface area contributed by atoms with Gasteiger partial charge in [0, 0.05) is 37.6 Å². The second-order valence-corrected chi connectivity index (χ2v) is 6.38. The number of hydrogen-bond donors (Lipinski definition) is 2. The highest BCUT2D eigenvalue weighted by Crippen LogP contribution is 2.28. The number of anilines is 2. The summed E-state index contributed by atoms with van der Waals surface area (Å²) in [5.74, 6) is 0. The zero-order valence-corrected chi connectivity index (χ0v) is 14.1. The van der Waals surface area contributed by atoms with Crippen LogP contribution in [0.1, 0.15) is 36.9 Å². The summed E-state index contributed by atoms with van der Waals surface area (Å²) < 4.78 is 1.78. The molecule has 2 heterocycles. The number of nitrogens with one attached hydrogen (secondary N) is 1. The van der Waals surface area contributed by atoms with Gasteiger partial charge in [-0.15, -0.1) is 0 Å². The zero-order valence-electron chi connectivity index (χ0n) is 14.1. The van der Waals surface area contributed by atoms with Gasteiger partial charge in [-0.05, 0) is 38.0 Å². The van der Waals surface area contributed by atoms with E-state index in [0.29, 0.717) is 5.56 Å². The molecule has 0 amide bonds. The third kappa shape index (κ3) is 3.52. The number of aliphatic hydroxyl groups is 1. The lowest BCUT2D eigenvalue weighted by Crippen LogP contribution is -2.36. The van der Waals surface area contributed by atoms with Gasteiger partial charge in [0.15, 0.2) is 0 Å². The summed E-state index contributed by atoms with van der Waals surface area (Å²) in [7, 11) is 1.90. The van der Waals surface area contributed by atoms with Gasteiger partial charge in [-0.3, -0.25) is 4.68 Å². The van der Waals surface area contributed by atoms with Crippen molar-refractivity contribution in [2.75, 3.05) is 23.3 Å². The van der Waals surface area contributed by atoms with Crippen LogP contribution < -0.4 is 10.2 Å². The monoisotopic (exact) mass is 325 g/mol. The summed E-state index contributed by atoms with van der Waals surface area (Å²) in [6.07, 6.45) is 5.12. The fourth-order valence-corrected chi connectivity index (χ4v) is 3.09. The Balaban J connectivity index is 1.75. The van der Waals surface area contributed by atoms with Crippen LogP contribution in [0.4, 0.5) is 11.4 Å². The maximum absolute atomic E-state index is 9.65. The molecule has 0 aliphatic carbocycles. The Hall–Kier alpha value is -2.52. The van der Waals surface area contributed by atoms with Gasteiger partial charge in [-0.2, -0.15) is 10.4 Å². The van der Waals surface area contributed by atoms with Gasteiger partial charge in [-0.1, -0.05) is 0 Å². The molecule has 24 heavy (non-hydrogen) atoms. The number of rotatable bonds is 4. The topological polar surface area (TPSA) is 77.1 Å². The van der Waals surface area contributed by atoms with Crippen molar-refractivity contribution in [3.8, 4) is 6.07 Å². The Morgan fingerprint density at radius 2 is 2.12 bits per heavy atom. The van der Waals surface area contributed by atoms with Gasteiger partial charge in [0.25, 0.3) is 0 Å². The minimum atomic E-state index is -0.215. The third-order valence-corrected chi connectivity index (χ3v) is 4.53. The van der Waals surface area contributed by atoms with Gasteiger partial charge in [-0.25, -0.2) is 0 Å². The molecule has 1 aliphatic heterocycles. The van der Waals surface area contributed by atoms with E-state index in [2.05, 4.69) is 28.3 Å². The van der Waals surface area contributed by atoms with Crippen LogP contribution in [-0.4, -0.2) is 34.1 Å². The van der Waals surface area contributed by atoms with Crippen molar-refractivity contribution in [2.45, 2.75) is 31.9 Å². The van der Waals surface area contributed by atoms with Gasteiger partial charge in [0.1, 0.15) is 6.07 Å². The maximum atomic E-state index is 9.65. The Bertz CT molecular complexity index is 740. The van der Waals surface area contributed by atoms with Crippen molar-refractivity contribution in [1.29, 1.82) is 5.26 Å². The number of hydrogen-bond acceptors (Lipinski definition) is 5. The normalized spacial score (nSPS) is 16.7. The lowest BCUT2D eigenvalue weighted by Gasteiger charge is -2.32. The van der Waals surface area contributed by atoms with E-state index in [4.69, 9.17) is 0 Å². The van der Waals surface area contributed by atoms with Crippen molar-refractivity contribution in [2.24, 2.45) is 7.05 Å². The van der Waals surface area contributed by atoms with Gasteiger partial charge < -0.3 is 15.3 Å². The summed E-state index contributed by atoms with van der Waals surface area (Å²) in [6, 6.07) is 8.31. The molecule has 1 aromatic heterocycles. The number of aryl methyl sites for hydroxylation is 1. The van der Waals surface area contributed by atoms with E-state index >= 15 is 0 Å². The Kier molecular flexibility index (Phi) is 4.72. The molecule has 3 rings (SSSR count). The Labute approximate surface area is 142 Å². The number of aliphatic hydroxyl groups excluding tert-OH is 1. The number of benzene rings is 1. The van der Waals surface area contributed by atoms with E-state index in [9.17, 15) is 10.4 Å². The predicted molar refractivity (Wildman–Crippen MR) is 93.9 cm³/mol. The highest BCUT2D eigenvalue weighted by atomic mass is 16.3. The van der Waals surface area contributed by atoms with Crippen molar-refractivity contribution >= 4 is 11.4 Å². The lowest BCUT2D eigenvalue weighted by molar-refractivity contribution is 0.145. The fraction of sp³-hybridized carbons (Fsp3) is 0.444. The van der Waals surface area contributed by atoms with Crippen LogP contribution in [0.5, 0.6) is 0 Å². The van der Waals surface area contributed by atoms with E-state index in [1.807, 2.05) is 37.6 Å². The molecule has 126 valence electrons. The summed E-state index contributed by atoms with van der Waals surface area (Å²) in [5, 5.41) is 26.8. The average Bonchev–Trinajstić information content (AvgIpc) is 3.02. The SMILES string of the molecule is CC(Nc1ccc(N2CCC(O)CC2)c(C#N)c1)c1cnn(C)c1. The molecule has 6 heteroatoms. The molecular formula is C18H23N5O. The first-order chi connectivity index (χ1) is 11.6. The van der Waals surface area contributed by atoms with Gasteiger partial charge >= 0.3 is 0 Å². The minimum absolute atomic E-state index is 0.112. The number of aromatic nitrogens is 2. The first-order valence-corrected chi connectivity index (χ1v) is 8.29. The molecule has 0 saturated carbocycles. The molecule has 0 radical (unpaired) electrons. The van der Waals surface area contributed by atoms with Crippen LogP contribution in [0, 0.1) is 11.3 Å². The lowest BCUT2D eigenvalue weighted by atomic mass is 10.0. The molecule has 6 nitrogen and oxygen atoms in total. The van der Waals surface area contributed by atoms with E-state index < -0.39 is 0 Å². The van der Waals surface area contributed by atoms with Gasteiger partial charge in [0.2, 0.25) is 0 Å². The van der Waals surface area contributed by atoms with Crippen molar-refractivity contribution in [3.05, 3.63) is 41.7 Å². The molecule has 1 aromatic carbocycles. The highest BCUT2D eigenvalue weighted by Gasteiger charge is 2.19. The number of piperidine rings is 1. The zero-order chi connectivity index (χ0) is 17.1. The number of nitrogens with zero attached hydrogens (tertiary/aromatic N) is 4. The summed E-state index contributed by atoms with van der Waals surface area (Å²) >= 11 is 0. The highest BCUT2D eigenvalue weighted by molar-refractivity contribution is 5.66. The molecule has 1 saturated heterocycles. The van der Waals surface area contributed by atoms with Crippen LogP contribution in [0.15, 0.2) is 30.6 Å². The van der Waals surface area contributed by atoms with E-state index in [0.717, 1.165) is 42.9 Å². The maximum Gasteiger partial charge on any atom is 0.101 e. The predicted octanol–water partition coefficient (Wildman–Crippen LogP) is 2.43. The van der Waals surface area contributed by atoms with E-state index in [1.165, 1.54) is 0 Å². The second kappa shape index (κ2) is 6.93. The largest absolute Gasteiger partial charge is 0.393 e. The van der Waals surface area contributed by atoms with Crippen molar-refractivity contribution in [3.63, 3.8) is 0 Å². The molecular weight excluding hydrogens is 302 g/mol. The minimum Gasteiger partial charge on any atom is -0.393 e. The molecule has 0 bridgehead atoms. The number of nitriles is 1. The van der Waals surface area contributed by atoms with Crippen LogP contribution in [0.25, 0.3) is 0 Å². The third-order valence-electron chi connectivity index (χ3n) is 4.53. The van der Waals surface area contributed by atoms with Gasteiger partial charge in [0.05, 0.1) is 29.6 Å². The Morgan fingerprint density at radius 1 is 1.38 bits per heavy atom. The molecule has 1 aliphatic rings. The molecule has 1 fully saturated rings. The molecule has 2 aromatic rings. The van der Waals surface area contributed by atoms with E-state index in [-0.39, 0.29) is 12.1 Å². The Morgan fingerprint density at radius 3 is 2.75 bits per heavy atom. The van der Waals surface area contributed by atoms with E-state index in [1.54, 1.807) is 4.68 Å². The first-order valence-electron chi connectivity index (χ1n) is 8.29. The molecule has 1 unspecified atom stereocenters. The molecule has 1 atom stereocenters. The summed E-state index contributed by atoms with van der Waals surface area (Å²) in [4.78, 5) is 2.18.